The number of para-hydroxylation sites is 1. The second kappa shape index (κ2) is 12.4. The number of nitro groups is 1. The molecule has 0 radical (unpaired) electrons. The first kappa shape index (κ1) is 26.3. The Morgan fingerprint density at radius 3 is 2.56 bits per heavy atom. The summed E-state index contributed by atoms with van der Waals surface area (Å²) in [7, 11) is 1.42. The average molecular weight is 559 g/mol. The molecule has 0 bridgehead atoms. The number of halogens is 2. The molecule has 3 aromatic rings. The molecule has 3 rings (SSSR count). The van der Waals surface area contributed by atoms with Crippen LogP contribution in [-0.2, 0) is 16.0 Å². The molecule has 2 amide bonds. The van der Waals surface area contributed by atoms with E-state index in [1.165, 1.54) is 55.8 Å². The van der Waals surface area contributed by atoms with Gasteiger partial charge in [-0.2, -0.15) is 5.10 Å². The summed E-state index contributed by atoms with van der Waals surface area (Å²) in [5, 5.41) is 17.6. The first-order valence-corrected chi connectivity index (χ1v) is 11.2. The SMILES string of the molecule is COc1cc(/C=N/NC(=O)Cc2ccccc2[N+](=O)[O-])cc(Br)c1OCC(=O)Nc1ccc(F)cc1. The predicted molar refractivity (Wildman–Crippen MR) is 134 cm³/mol. The number of methoxy groups -OCH3 is 1. The summed E-state index contributed by atoms with van der Waals surface area (Å²) in [5.74, 6) is -0.835. The van der Waals surface area contributed by atoms with E-state index in [0.717, 1.165) is 0 Å². The first-order chi connectivity index (χ1) is 17.3. The maximum atomic E-state index is 13.0. The van der Waals surface area contributed by atoms with Gasteiger partial charge in [-0.15, -0.1) is 0 Å². The summed E-state index contributed by atoms with van der Waals surface area (Å²) in [6.45, 7) is -0.332. The molecule has 0 saturated carbocycles. The van der Waals surface area contributed by atoms with E-state index in [1.807, 2.05) is 0 Å². The van der Waals surface area contributed by atoms with Gasteiger partial charge in [0, 0.05) is 17.3 Å². The van der Waals surface area contributed by atoms with E-state index in [0.29, 0.717) is 21.5 Å². The molecular formula is C24H20BrFN4O6. The van der Waals surface area contributed by atoms with Gasteiger partial charge in [0.15, 0.2) is 18.1 Å². The number of anilines is 1. The van der Waals surface area contributed by atoms with E-state index in [4.69, 9.17) is 9.47 Å². The van der Waals surface area contributed by atoms with Gasteiger partial charge in [-0.1, -0.05) is 18.2 Å². The van der Waals surface area contributed by atoms with Crippen molar-refractivity contribution in [3.63, 3.8) is 0 Å². The van der Waals surface area contributed by atoms with Crippen molar-refractivity contribution in [3.05, 3.63) is 92.2 Å². The van der Waals surface area contributed by atoms with Crippen molar-refractivity contribution >= 4 is 45.3 Å². The van der Waals surface area contributed by atoms with Gasteiger partial charge >= 0.3 is 0 Å². The van der Waals surface area contributed by atoms with E-state index >= 15 is 0 Å². The van der Waals surface area contributed by atoms with Crippen LogP contribution in [0.25, 0.3) is 0 Å². The minimum atomic E-state index is -0.550. The Labute approximate surface area is 213 Å². The van der Waals surface area contributed by atoms with Crippen molar-refractivity contribution in [2.24, 2.45) is 5.10 Å². The molecule has 0 fully saturated rings. The number of hydrazone groups is 1. The first-order valence-electron chi connectivity index (χ1n) is 10.4. The Morgan fingerprint density at radius 2 is 1.86 bits per heavy atom. The van der Waals surface area contributed by atoms with Crippen molar-refractivity contribution < 1.29 is 28.4 Å². The molecule has 0 aliphatic carbocycles. The fraction of sp³-hybridized carbons (Fsp3) is 0.125. The van der Waals surface area contributed by atoms with E-state index in [1.54, 1.807) is 18.2 Å². The van der Waals surface area contributed by atoms with Gasteiger partial charge in [-0.25, -0.2) is 9.82 Å². The molecule has 36 heavy (non-hydrogen) atoms. The normalized spacial score (nSPS) is 10.6. The molecule has 0 aliphatic rings. The predicted octanol–water partition coefficient (Wildman–Crippen LogP) is 4.22. The van der Waals surface area contributed by atoms with Crippen LogP contribution in [0.3, 0.4) is 0 Å². The Kier molecular flexibility index (Phi) is 9.06. The number of ether oxygens (including phenoxy) is 2. The van der Waals surface area contributed by atoms with Crippen LogP contribution in [0.5, 0.6) is 11.5 Å². The summed E-state index contributed by atoms with van der Waals surface area (Å²) in [5.41, 5.74) is 3.41. The molecule has 0 unspecified atom stereocenters. The van der Waals surface area contributed by atoms with Crippen LogP contribution < -0.4 is 20.2 Å². The highest BCUT2D eigenvalue weighted by molar-refractivity contribution is 9.10. The summed E-state index contributed by atoms with van der Waals surface area (Å²) in [6.07, 6.45) is 1.14. The number of amides is 2. The topological polar surface area (TPSA) is 132 Å². The molecule has 0 heterocycles. The van der Waals surface area contributed by atoms with Gasteiger partial charge in [0.05, 0.1) is 29.1 Å². The van der Waals surface area contributed by atoms with Gasteiger partial charge in [-0.05, 0) is 57.9 Å². The highest BCUT2D eigenvalue weighted by atomic mass is 79.9. The quantitative estimate of drug-likeness (QED) is 0.217. The van der Waals surface area contributed by atoms with Crippen molar-refractivity contribution in [2.45, 2.75) is 6.42 Å². The van der Waals surface area contributed by atoms with Crippen LogP contribution in [0.2, 0.25) is 0 Å². The van der Waals surface area contributed by atoms with Crippen LogP contribution in [0.4, 0.5) is 15.8 Å². The molecule has 12 heteroatoms. The fourth-order valence-corrected chi connectivity index (χ4v) is 3.63. The zero-order chi connectivity index (χ0) is 26.1. The minimum Gasteiger partial charge on any atom is -0.493 e. The highest BCUT2D eigenvalue weighted by Gasteiger charge is 2.16. The number of nitrogens with one attached hydrogen (secondary N) is 2. The lowest BCUT2D eigenvalue weighted by molar-refractivity contribution is -0.385. The Balaban J connectivity index is 1.60. The Morgan fingerprint density at radius 1 is 1.14 bits per heavy atom. The van der Waals surface area contributed by atoms with E-state index < -0.39 is 22.6 Å². The number of hydrogen-bond donors (Lipinski definition) is 2. The van der Waals surface area contributed by atoms with E-state index in [9.17, 15) is 24.1 Å². The third kappa shape index (κ3) is 7.34. The zero-order valence-electron chi connectivity index (χ0n) is 18.9. The summed E-state index contributed by atoms with van der Waals surface area (Å²) in [6, 6.07) is 14.5. The third-order valence-electron chi connectivity index (χ3n) is 4.67. The van der Waals surface area contributed by atoms with Gasteiger partial charge < -0.3 is 14.8 Å². The maximum Gasteiger partial charge on any atom is 0.273 e. The monoisotopic (exact) mass is 558 g/mol. The smallest absolute Gasteiger partial charge is 0.273 e. The average Bonchev–Trinajstić information content (AvgIpc) is 2.84. The zero-order valence-corrected chi connectivity index (χ0v) is 20.5. The number of benzene rings is 3. The van der Waals surface area contributed by atoms with Crippen molar-refractivity contribution in [1.29, 1.82) is 0 Å². The third-order valence-corrected chi connectivity index (χ3v) is 5.26. The van der Waals surface area contributed by atoms with Crippen molar-refractivity contribution in [3.8, 4) is 11.5 Å². The molecule has 2 N–H and O–H groups in total. The van der Waals surface area contributed by atoms with Crippen LogP contribution in [0.15, 0.2) is 70.2 Å². The van der Waals surface area contributed by atoms with E-state index in [-0.39, 0.29) is 30.0 Å². The molecule has 0 aromatic heterocycles. The minimum absolute atomic E-state index is 0.146. The summed E-state index contributed by atoms with van der Waals surface area (Å²) < 4.78 is 24.4. The van der Waals surface area contributed by atoms with Gasteiger partial charge in [0.1, 0.15) is 5.82 Å². The lowest BCUT2D eigenvalue weighted by Gasteiger charge is -2.13. The number of nitro benzene ring substituents is 1. The Hall–Kier alpha value is -4.32. The molecule has 3 aromatic carbocycles. The summed E-state index contributed by atoms with van der Waals surface area (Å²) >= 11 is 3.36. The van der Waals surface area contributed by atoms with Crippen LogP contribution in [0.1, 0.15) is 11.1 Å². The molecule has 0 saturated heterocycles. The van der Waals surface area contributed by atoms with Crippen molar-refractivity contribution in [1.82, 2.24) is 5.43 Å². The standard InChI is InChI=1S/C24H20BrFN4O6/c1-35-21-11-15(13-27-29-22(31)12-16-4-2-3-5-20(16)30(33)34)10-19(25)24(21)36-14-23(32)28-18-8-6-17(26)7-9-18/h2-11,13H,12,14H2,1H3,(H,28,32)(H,29,31)/b27-13+. The van der Waals surface area contributed by atoms with Crippen LogP contribution in [-0.4, -0.2) is 36.7 Å². The number of carbonyl (C=O) groups is 2. The second-order valence-corrected chi connectivity index (χ2v) is 8.09. The van der Waals surface area contributed by atoms with Crippen LogP contribution >= 0.6 is 15.9 Å². The molecule has 0 atom stereocenters. The molecular weight excluding hydrogens is 539 g/mol. The fourth-order valence-electron chi connectivity index (χ4n) is 3.05. The highest BCUT2D eigenvalue weighted by Crippen LogP contribution is 2.36. The number of carbonyl (C=O) groups excluding carboxylic acids is 2. The lowest BCUT2D eigenvalue weighted by Crippen LogP contribution is -2.20. The maximum absolute atomic E-state index is 13.0. The van der Waals surface area contributed by atoms with E-state index in [2.05, 4.69) is 31.8 Å². The van der Waals surface area contributed by atoms with Gasteiger partial charge in [0.25, 0.3) is 11.6 Å². The largest absolute Gasteiger partial charge is 0.493 e. The number of nitrogens with zero attached hydrogens (tertiary/aromatic N) is 2. The number of rotatable bonds is 10. The van der Waals surface area contributed by atoms with Gasteiger partial charge in [0.2, 0.25) is 5.91 Å². The summed E-state index contributed by atoms with van der Waals surface area (Å²) in [4.78, 5) is 34.9. The molecule has 186 valence electrons. The van der Waals surface area contributed by atoms with Crippen molar-refractivity contribution in [2.75, 3.05) is 19.0 Å². The molecule has 10 nitrogen and oxygen atoms in total. The van der Waals surface area contributed by atoms with Gasteiger partial charge in [-0.3, -0.25) is 19.7 Å². The Bertz CT molecular complexity index is 1300. The lowest BCUT2D eigenvalue weighted by atomic mass is 10.1. The molecule has 0 spiro atoms. The van der Waals surface area contributed by atoms with Crippen LogP contribution in [0, 0.1) is 15.9 Å². The molecule has 0 aliphatic heterocycles. The number of hydrogen-bond acceptors (Lipinski definition) is 7. The second-order valence-electron chi connectivity index (χ2n) is 7.23.